The molecule has 0 unspecified atom stereocenters. The zero-order valence-electron chi connectivity index (χ0n) is 16.6. The molecule has 12 heteroatoms. The van der Waals surface area contributed by atoms with E-state index < -0.39 is 28.9 Å². The number of amides is 1. The number of piperazine rings is 1. The van der Waals surface area contributed by atoms with Crippen LogP contribution in [0.3, 0.4) is 0 Å². The van der Waals surface area contributed by atoms with E-state index in [-0.39, 0.29) is 25.2 Å². The molecule has 1 N–H and O–H groups in total. The van der Waals surface area contributed by atoms with Crippen molar-refractivity contribution in [2.45, 2.75) is 12.7 Å². The third kappa shape index (κ3) is 4.29. The second-order valence-corrected chi connectivity index (χ2v) is 7.16. The first kappa shape index (κ1) is 21.4. The highest BCUT2D eigenvalue weighted by Gasteiger charge is 2.31. The third-order valence-electron chi connectivity index (χ3n) is 5.15. The van der Waals surface area contributed by atoms with Crippen LogP contribution in [0, 0.1) is 0 Å². The molecule has 4 rings (SSSR count). The van der Waals surface area contributed by atoms with E-state index >= 15 is 0 Å². The van der Waals surface area contributed by atoms with E-state index in [2.05, 4.69) is 9.97 Å². The van der Waals surface area contributed by atoms with Gasteiger partial charge in [-0.1, -0.05) is 0 Å². The molecule has 32 heavy (non-hydrogen) atoms. The number of nitrogens with one attached hydrogen (secondary N) is 1. The number of hydrogen-bond donors (Lipinski definition) is 1. The van der Waals surface area contributed by atoms with Crippen LogP contribution in [0.5, 0.6) is 0 Å². The van der Waals surface area contributed by atoms with Crippen LogP contribution in [-0.2, 0) is 12.7 Å². The summed E-state index contributed by atoms with van der Waals surface area (Å²) in [5, 5.41) is 0. The maximum atomic E-state index is 12.9. The molecule has 1 aliphatic rings. The van der Waals surface area contributed by atoms with Crippen molar-refractivity contribution in [3.8, 4) is 0 Å². The molecule has 1 aliphatic heterocycles. The highest BCUT2D eigenvalue weighted by atomic mass is 19.4. The standard InChI is InChI=1S/C20H18F3N5O4/c21-20(22,23)13-3-4-16(24-10-13)26-5-7-27(8-6-26)17(29)15-11-25-19(31)28(18(15)30)12-14-2-1-9-32-14/h1-4,9-11H,5-8,12H2,(H,25,31). The average molecular weight is 449 g/mol. The fourth-order valence-corrected chi connectivity index (χ4v) is 3.42. The number of hydrogen-bond acceptors (Lipinski definition) is 6. The molecule has 0 aliphatic carbocycles. The summed E-state index contributed by atoms with van der Waals surface area (Å²) in [7, 11) is 0. The summed E-state index contributed by atoms with van der Waals surface area (Å²) in [5.74, 6) is 0.217. The first-order valence-electron chi connectivity index (χ1n) is 9.66. The monoisotopic (exact) mass is 449 g/mol. The van der Waals surface area contributed by atoms with Gasteiger partial charge in [0, 0.05) is 38.6 Å². The molecule has 3 aromatic heterocycles. The summed E-state index contributed by atoms with van der Waals surface area (Å²) in [4.78, 5) is 47.2. The van der Waals surface area contributed by atoms with E-state index in [1.54, 1.807) is 17.0 Å². The summed E-state index contributed by atoms with van der Waals surface area (Å²) < 4.78 is 44.2. The van der Waals surface area contributed by atoms with Gasteiger partial charge in [0.05, 0.1) is 18.4 Å². The molecular formula is C20H18F3N5O4. The van der Waals surface area contributed by atoms with E-state index in [9.17, 15) is 27.6 Å². The molecule has 0 radical (unpaired) electrons. The summed E-state index contributed by atoms with van der Waals surface area (Å²) in [5.41, 5.74) is -2.42. The number of alkyl halides is 3. The maximum Gasteiger partial charge on any atom is 0.417 e. The molecule has 0 atom stereocenters. The number of carbonyl (C=O) groups is 1. The Morgan fingerprint density at radius 3 is 2.47 bits per heavy atom. The molecule has 0 saturated carbocycles. The molecule has 1 fully saturated rings. The smallest absolute Gasteiger partial charge is 0.417 e. The van der Waals surface area contributed by atoms with Crippen LogP contribution in [0.4, 0.5) is 19.0 Å². The highest BCUT2D eigenvalue weighted by Crippen LogP contribution is 2.29. The minimum atomic E-state index is -4.46. The van der Waals surface area contributed by atoms with Gasteiger partial charge in [-0.2, -0.15) is 13.2 Å². The van der Waals surface area contributed by atoms with E-state index in [1.807, 2.05) is 0 Å². The van der Waals surface area contributed by atoms with Gasteiger partial charge in [0.25, 0.3) is 11.5 Å². The highest BCUT2D eigenvalue weighted by molar-refractivity contribution is 5.93. The lowest BCUT2D eigenvalue weighted by Crippen LogP contribution is -2.50. The molecule has 1 saturated heterocycles. The largest absolute Gasteiger partial charge is 0.467 e. The summed E-state index contributed by atoms with van der Waals surface area (Å²) in [6.07, 6.45) is -1.18. The second kappa shape index (κ2) is 8.36. The number of nitrogens with zero attached hydrogens (tertiary/aromatic N) is 4. The second-order valence-electron chi connectivity index (χ2n) is 7.16. The van der Waals surface area contributed by atoms with Crippen molar-refractivity contribution in [1.29, 1.82) is 0 Å². The normalized spacial score (nSPS) is 14.6. The Kier molecular flexibility index (Phi) is 5.59. The molecular weight excluding hydrogens is 431 g/mol. The van der Waals surface area contributed by atoms with E-state index in [0.29, 0.717) is 24.7 Å². The summed E-state index contributed by atoms with van der Waals surface area (Å²) >= 11 is 0. The predicted molar refractivity (Wildman–Crippen MR) is 106 cm³/mol. The molecule has 0 spiro atoms. The van der Waals surface area contributed by atoms with Crippen molar-refractivity contribution >= 4 is 11.7 Å². The average Bonchev–Trinajstić information content (AvgIpc) is 3.29. The van der Waals surface area contributed by atoms with Crippen LogP contribution in [0.1, 0.15) is 21.7 Å². The first-order chi connectivity index (χ1) is 15.2. The third-order valence-corrected chi connectivity index (χ3v) is 5.15. The maximum absolute atomic E-state index is 12.9. The zero-order chi connectivity index (χ0) is 22.9. The number of carbonyl (C=O) groups excluding carboxylic acids is 1. The van der Waals surface area contributed by atoms with E-state index in [1.165, 1.54) is 17.2 Å². The molecule has 9 nitrogen and oxygen atoms in total. The number of furan rings is 1. The fraction of sp³-hybridized carbons (Fsp3) is 0.300. The number of anilines is 1. The first-order valence-corrected chi connectivity index (χ1v) is 9.66. The van der Waals surface area contributed by atoms with Gasteiger partial charge in [-0.05, 0) is 24.3 Å². The van der Waals surface area contributed by atoms with Crippen molar-refractivity contribution < 1.29 is 22.4 Å². The number of rotatable bonds is 4. The Morgan fingerprint density at radius 1 is 1.12 bits per heavy atom. The van der Waals surface area contributed by atoms with Crippen molar-refractivity contribution in [2.24, 2.45) is 0 Å². The van der Waals surface area contributed by atoms with Crippen molar-refractivity contribution in [1.82, 2.24) is 19.4 Å². The van der Waals surface area contributed by atoms with Gasteiger partial charge in [-0.25, -0.2) is 9.78 Å². The lowest BCUT2D eigenvalue weighted by molar-refractivity contribution is -0.137. The van der Waals surface area contributed by atoms with Crippen molar-refractivity contribution in [3.63, 3.8) is 0 Å². The quantitative estimate of drug-likeness (QED) is 0.648. The van der Waals surface area contributed by atoms with Crippen molar-refractivity contribution in [2.75, 3.05) is 31.1 Å². The molecule has 0 aromatic carbocycles. The summed E-state index contributed by atoms with van der Waals surface area (Å²) in [6, 6.07) is 5.47. The van der Waals surface area contributed by atoms with Gasteiger partial charge < -0.3 is 19.2 Å². The van der Waals surface area contributed by atoms with Gasteiger partial charge in [0.2, 0.25) is 0 Å². The minimum Gasteiger partial charge on any atom is -0.467 e. The number of H-pyrrole nitrogens is 1. The van der Waals surface area contributed by atoms with E-state index in [4.69, 9.17) is 4.42 Å². The molecule has 168 valence electrons. The topological polar surface area (TPSA) is 104 Å². The Labute approximate surface area is 178 Å². The van der Waals surface area contributed by atoms with Crippen LogP contribution < -0.4 is 16.1 Å². The predicted octanol–water partition coefficient (Wildman–Crippen LogP) is 1.55. The number of pyridine rings is 1. The van der Waals surface area contributed by atoms with Crippen molar-refractivity contribution in [3.05, 3.63) is 80.6 Å². The Hall–Kier alpha value is -3.83. The Balaban J connectivity index is 1.46. The van der Waals surface area contributed by atoms with Crippen LogP contribution in [0.2, 0.25) is 0 Å². The lowest BCUT2D eigenvalue weighted by atomic mass is 10.2. The van der Waals surface area contributed by atoms with Gasteiger partial charge >= 0.3 is 11.9 Å². The van der Waals surface area contributed by atoms with Crippen LogP contribution in [0.25, 0.3) is 0 Å². The van der Waals surface area contributed by atoms with Crippen LogP contribution in [0.15, 0.2) is 56.9 Å². The minimum absolute atomic E-state index is 0.115. The fourth-order valence-electron chi connectivity index (χ4n) is 3.42. The van der Waals surface area contributed by atoms with Crippen LogP contribution in [-0.4, -0.2) is 51.5 Å². The lowest BCUT2D eigenvalue weighted by Gasteiger charge is -2.35. The zero-order valence-corrected chi connectivity index (χ0v) is 16.6. The Morgan fingerprint density at radius 2 is 1.88 bits per heavy atom. The van der Waals surface area contributed by atoms with Gasteiger partial charge in [-0.15, -0.1) is 0 Å². The molecule has 1 amide bonds. The van der Waals surface area contributed by atoms with Crippen LogP contribution >= 0.6 is 0 Å². The molecule has 0 bridgehead atoms. The molecule has 4 heterocycles. The number of aromatic nitrogens is 3. The van der Waals surface area contributed by atoms with Gasteiger partial charge in [0.15, 0.2) is 0 Å². The van der Waals surface area contributed by atoms with E-state index in [0.717, 1.165) is 23.0 Å². The Bertz CT molecular complexity index is 1210. The number of aromatic amines is 1. The number of halogens is 3. The summed E-state index contributed by atoms with van der Waals surface area (Å²) in [6.45, 7) is 1.01. The SMILES string of the molecule is O=C(c1c[nH]c(=O)n(Cc2ccco2)c1=O)N1CCN(c2ccc(C(F)(F)F)cn2)CC1. The van der Waals surface area contributed by atoms with Gasteiger partial charge in [0.1, 0.15) is 17.1 Å². The molecule has 3 aromatic rings. The van der Waals surface area contributed by atoms with Gasteiger partial charge in [-0.3, -0.25) is 14.2 Å².